The summed E-state index contributed by atoms with van der Waals surface area (Å²) in [5, 5.41) is 10.3. The maximum absolute atomic E-state index is 10.7. The van der Waals surface area contributed by atoms with Gasteiger partial charge in [-0.05, 0) is 13.3 Å². The van der Waals surface area contributed by atoms with E-state index in [1.807, 2.05) is 6.92 Å². The van der Waals surface area contributed by atoms with Crippen molar-refractivity contribution >= 4 is 12.1 Å². The summed E-state index contributed by atoms with van der Waals surface area (Å²) in [6, 6.07) is 0. The molecule has 0 aromatic rings. The Labute approximate surface area is 70.7 Å². The Balaban J connectivity index is 3.53. The van der Waals surface area contributed by atoms with Crippen molar-refractivity contribution in [3.8, 4) is 0 Å². The lowest BCUT2D eigenvalue weighted by Gasteiger charge is -2.10. The minimum absolute atomic E-state index is 0.182. The van der Waals surface area contributed by atoms with Crippen molar-refractivity contribution in [2.24, 2.45) is 0 Å². The van der Waals surface area contributed by atoms with Crippen molar-refractivity contribution in [3.63, 3.8) is 0 Å². The van der Waals surface area contributed by atoms with Gasteiger partial charge < -0.3 is 15.2 Å². The first kappa shape index (κ1) is 10.7. The molecule has 0 saturated carbocycles. The molecule has 5 heteroatoms. The van der Waals surface area contributed by atoms with Gasteiger partial charge in [0.15, 0.2) is 0 Å². The van der Waals surface area contributed by atoms with Gasteiger partial charge in [0.1, 0.15) is 12.6 Å². The van der Waals surface area contributed by atoms with Crippen LogP contribution in [0.15, 0.2) is 0 Å². The highest BCUT2D eigenvalue weighted by atomic mass is 16.6. The monoisotopic (exact) mass is 175 g/mol. The van der Waals surface area contributed by atoms with Gasteiger partial charge in [-0.2, -0.15) is 0 Å². The van der Waals surface area contributed by atoms with Gasteiger partial charge in [0.05, 0.1) is 0 Å². The molecule has 0 rings (SSSR count). The van der Waals surface area contributed by atoms with Crippen LogP contribution in [0.25, 0.3) is 0 Å². The van der Waals surface area contributed by atoms with Gasteiger partial charge in [0.25, 0.3) is 0 Å². The Morgan fingerprint density at radius 1 is 1.58 bits per heavy atom. The number of rotatable bonds is 4. The summed E-state index contributed by atoms with van der Waals surface area (Å²) in [5.74, 6) is -1.09. The summed E-state index contributed by atoms with van der Waals surface area (Å²) in [5.41, 5.74) is 0. The molecule has 0 aliphatic heterocycles. The second kappa shape index (κ2) is 5.40. The zero-order valence-corrected chi connectivity index (χ0v) is 7.16. The third kappa shape index (κ3) is 5.52. The number of hydrogen-bond donors (Lipinski definition) is 2. The van der Waals surface area contributed by atoms with Crippen LogP contribution in [-0.4, -0.2) is 29.8 Å². The minimum atomic E-state index is -1.09. The summed E-state index contributed by atoms with van der Waals surface area (Å²) in [7, 11) is 0. The molecule has 70 valence electrons. The molecule has 2 N–H and O–H groups in total. The molecule has 5 nitrogen and oxygen atoms in total. The van der Waals surface area contributed by atoms with E-state index in [0.717, 1.165) is 0 Å². The summed E-state index contributed by atoms with van der Waals surface area (Å²) < 4.78 is 4.74. The molecule has 0 aliphatic rings. The number of carboxylic acids is 1. The van der Waals surface area contributed by atoms with Crippen LogP contribution in [-0.2, 0) is 9.53 Å². The van der Waals surface area contributed by atoms with Gasteiger partial charge in [0, 0.05) is 0 Å². The second-order valence-corrected chi connectivity index (χ2v) is 2.37. The smallest absolute Gasteiger partial charge is 0.407 e. The molecule has 1 unspecified atom stereocenters. The fourth-order valence-electron chi connectivity index (χ4n) is 0.456. The SMILES string of the molecule is CCC(C)OC(=O)NCC(=O)O. The Hall–Kier alpha value is -1.26. The van der Waals surface area contributed by atoms with Gasteiger partial charge in [-0.3, -0.25) is 4.79 Å². The zero-order chi connectivity index (χ0) is 9.56. The Morgan fingerprint density at radius 2 is 2.17 bits per heavy atom. The van der Waals surface area contributed by atoms with Crippen LogP contribution in [0.5, 0.6) is 0 Å². The topological polar surface area (TPSA) is 75.6 Å². The second-order valence-electron chi connectivity index (χ2n) is 2.37. The molecule has 0 saturated heterocycles. The standard InChI is InChI=1S/C7H13NO4/c1-3-5(2)12-7(11)8-4-6(9)10/h5H,3-4H2,1-2H3,(H,8,11)(H,9,10). The molecule has 1 atom stereocenters. The van der Waals surface area contributed by atoms with Crippen LogP contribution < -0.4 is 5.32 Å². The average Bonchev–Trinajstić information content (AvgIpc) is 2.00. The predicted octanol–water partition coefficient (Wildman–Crippen LogP) is 0.596. The highest BCUT2D eigenvalue weighted by Gasteiger charge is 2.07. The summed E-state index contributed by atoms with van der Waals surface area (Å²) in [6.45, 7) is 3.20. The Kier molecular flexibility index (Phi) is 4.83. The van der Waals surface area contributed by atoms with E-state index in [2.05, 4.69) is 5.32 Å². The van der Waals surface area contributed by atoms with Crippen LogP contribution in [0.3, 0.4) is 0 Å². The minimum Gasteiger partial charge on any atom is -0.480 e. The van der Waals surface area contributed by atoms with E-state index >= 15 is 0 Å². The van der Waals surface area contributed by atoms with Crippen LogP contribution >= 0.6 is 0 Å². The van der Waals surface area contributed by atoms with Gasteiger partial charge in [-0.25, -0.2) is 4.79 Å². The number of nitrogens with one attached hydrogen (secondary N) is 1. The molecule has 0 aromatic carbocycles. The Bertz CT molecular complexity index is 169. The number of ether oxygens (including phenoxy) is 1. The number of amides is 1. The first-order valence-corrected chi connectivity index (χ1v) is 3.72. The highest BCUT2D eigenvalue weighted by Crippen LogP contribution is 1.95. The predicted molar refractivity (Wildman–Crippen MR) is 41.9 cm³/mol. The number of carbonyl (C=O) groups is 2. The van der Waals surface area contributed by atoms with Gasteiger partial charge in [0.2, 0.25) is 0 Å². The van der Waals surface area contributed by atoms with Crippen molar-refractivity contribution in [2.45, 2.75) is 26.4 Å². The fraction of sp³-hybridized carbons (Fsp3) is 0.714. The fourth-order valence-corrected chi connectivity index (χ4v) is 0.456. The van der Waals surface area contributed by atoms with Crippen molar-refractivity contribution in [1.29, 1.82) is 0 Å². The molecule has 0 heterocycles. The molecule has 0 bridgehead atoms. The lowest BCUT2D eigenvalue weighted by atomic mass is 10.3. The number of aliphatic carboxylic acids is 1. The average molecular weight is 175 g/mol. The number of hydrogen-bond acceptors (Lipinski definition) is 3. The molecular formula is C7H13NO4. The molecule has 0 aromatic heterocycles. The summed E-state index contributed by atoms with van der Waals surface area (Å²) in [4.78, 5) is 20.7. The number of alkyl carbamates (subject to hydrolysis) is 1. The summed E-state index contributed by atoms with van der Waals surface area (Å²) >= 11 is 0. The molecule has 1 amide bonds. The number of carbonyl (C=O) groups excluding carboxylic acids is 1. The quantitative estimate of drug-likeness (QED) is 0.655. The van der Waals surface area contributed by atoms with Crippen molar-refractivity contribution in [3.05, 3.63) is 0 Å². The van der Waals surface area contributed by atoms with E-state index < -0.39 is 18.6 Å². The van der Waals surface area contributed by atoms with Crippen LogP contribution in [0, 0.1) is 0 Å². The third-order valence-corrected chi connectivity index (χ3v) is 1.27. The normalized spacial score (nSPS) is 11.8. The molecular weight excluding hydrogens is 162 g/mol. The zero-order valence-electron chi connectivity index (χ0n) is 7.16. The van der Waals surface area contributed by atoms with Gasteiger partial charge in [-0.1, -0.05) is 6.92 Å². The van der Waals surface area contributed by atoms with Crippen molar-refractivity contribution in [1.82, 2.24) is 5.32 Å². The first-order chi connectivity index (χ1) is 5.56. The van der Waals surface area contributed by atoms with Crippen LogP contribution in [0.1, 0.15) is 20.3 Å². The lowest BCUT2D eigenvalue weighted by Crippen LogP contribution is -2.31. The lowest BCUT2D eigenvalue weighted by molar-refractivity contribution is -0.135. The van der Waals surface area contributed by atoms with Crippen molar-refractivity contribution in [2.75, 3.05) is 6.54 Å². The van der Waals surface area contributed by atoms with E-state index in [0.29, 0.717) is 6.42 Å². The Morgan fingerprint density at radius 3 is 2.58 bits per heavy atom. The molecule has 0 spiro atoms. The van der Waals surface area contributed by atoms with E-state index in [9.17, 15) is 9.59 Å². The van der Waals surface area contributed by atoms with Crippen molar-refractivity contribution < 1.29 is 19.4 Å². The van der Waals surface area contributed by atoms with Crippen LogP contribution in [0.4, 0.5) is 4.79 Å². The molecule has 0 radical (unpaired) electrons. The van der Waals surface area contributed by atoms with E-state index in [-0.39, 0.29) is 6.10 Å². The first-order valence-electron chi connectivity index (χ1n) is 3.72. The van der Waals surface area contributed by atoms with Gasteiger partial charge in [-0.15, -0.1) is 0 Å². The summed E-state index contributed by atoms with van der Waals surface area (Å²) in [6.07, 6.45) is -0.161. The molecule has 12 heavy (non-hydrogen) atoms. The molecule has 0 aliphatic carbocycles. The largest absolute Gasteiger partial charge is 0.480 e. The molecule has 0 fully saturated rings. The van der Waals surface area contributed by atoms with E-state index in [4.69, 9.17) is 9.84 Å². The van der Waals surface area contributed by atoms with Crippen LogP contribution in [0.2, 0.25) is 0 Å². The maximum atomic E-state index is 10.7. The van der Waals surface area contributed by atoms with E-state index in [1.165, 1.54) is 0 Å². The number of carboxylic acid groups (broad SMARTS) is 1. The highest BCUT2D eigenvalue weighted by molar-refractivity contribution is 5.76. The maximum Gasteiger partial charge on any atom is 0.407 e. The third-order valence-electron chi connectivity index (χ3n) is 1.27. The van der Waals surface area contributed by atoms with E-state index in [1.54, 1.807) is 6.92 Å². The van der Waals surface area contributed by atoms with Gasteiger partial charge >= 0.3 is 12.1 Å².